The number of nitrogens with one attached hydrogen (secondary N) is 1. The second-order valence-corrected chi connectivity index (χ2v) is 9.42. The summed E-state index contributed by atoms with van der Waals surface area (Å²) >= 11 is 1.54. The first-order chi connectivity index (χ1) is 12.2. The van der Waals surface area contributed by atoms with Crippen LogP contribution in [0.25, 0.3) is 10.2 Å². The summed E-state index contributed by atoms with van der Waals surface area (Å²) in [7, 11) is -2.11. The minimum atomic E-state index is -3.71. The molecular weight excluding hydrogens is 368 g/mol. The van der Waals surface area contributed by atoms with E-state index in [1.807, 2.05) is 32.9 Å². The van der Waals surface area contributed by atoms with Crippen LogP contribution in [0, 0.1) is 13.8 Å². The van der Waals surface area contributed by atoms with E-state index in [-0.39, 0.29) is 10.8 Å². The maximum absolute atomic E-state index is 13.0. The van der Waals surface area contributed by atoms with Crippen molar-refractivity contribution in [3.8, 4) is 5.75 Å². The van der Waals surface area contributed by atoms with Crippen LogP contribution in [0.4, 0.5) is 5.69 Å². The molecule has 0 unspecified atom stereocenters. The van der Waals surface area contributed by atoms with E-state index < -0.39 is 10.0 Å². The van der Waals surface area contributed by atoms with E-state index in [1.54, 1.807) is 43.6 Å². The van der Waals surface area contributed by atoms with Gasteiger partial charge in [0.2, 0.25) is 0 Å². The maximum atomic E-state index is 13.0. The van der Waals surface area contributed by atoms with Gasteiger partial charge in [0.05, 0.1) is 32.9 Å². The summed E-state index contributed by atoms with van der Waals surface area (Å²) in [6.07, 6.45) is 0. The van der Waals surface area contributed by atoms with E-state index in [2.05, 4.69) is 9.71 Å². The fraction of sp³-hybridized carbons (Fsp3) is 0.316. The molecule has 3 rings (SSSR count). The fourth-order valence-electron chi connectivity index (χ4n) is 2.91. The van der Waals surface area contributed by atoms with Crippen molar-refractivity contribution >= 4 is 37.3 Å². The molecule has 0 aliphatic heterocycles. The largest absolute Gasteiger partial charge is 0.496 e. The summed E-state index contributed by atoms with van der Waals surface area (Å²) in [6.45, 7) is 7.73. The number of methoxy groups -OCH3 is 1. The Hall–Kier alpha value is -2.12. The Morgan fingerprint density at radius 2 is 1.88 bits per heavy atom. The Balaban J connectivity index is 2.02. The molecule has 1 N–H and O–H groups in total. The predicted molar refractivity (Wildman–Crippen MR) is 107 cm³/mol. The van der Waals surface area contributed by atoms with Crippen molar-refractivity contribution < 1.29 is 13.2 Å². The second kappa shape index (κ2) is 6.89. The van der Waals surface area contributed by atoms with Gasteiger partial charge < -0.3 is 4.74 Å². The minimum absolute atomic E-state index is 0.149. The Morgan fingerprint density at radius 3 is 2.54 bits per heavy atom. The van der Waals surface area contributed by atoms with Crippen LogP contribution in [0.5, 0.6) is 5.75 Å². The molecule has 3 aromatic rings. The number of rotatable bonds is 5. The minimum Gasteiger partial charge on any atom is -0.496 e. The van der Waals surface area contributed by atoms with Gasteiger partial charge in [-0.2, -0.15) is 0 Å². The molecule has 0 saturated heterocycles. The summed E-state index contributed by atoms with van der Waals surface area (Å²) in [5.74, 6) is 0.856. The fourth-order valence-corrected chi connectivity index (χ4v) is 5.09. The molecule has 0 spiro atoms. The van der Waals surface area contributed by atoms with E-state index in [9.17, 15) is 8.42 Å². The summed E-state index contributed by atoms with van der Waals surface area (Å²) in [4.78, 5) is 4.67. The molecule has 0 radical (unpaired) electrons. The Kier molecular flexibility index (Phi) is 4.94. The van der Waals surface area contributed by atoms with Gasteiger partial charge in [0.1, 0.15) is 5.75 Å². The maximum Gasteiger partial charge on any atom is 0.262 e. The molecule has 1 heterocycles. The average molecular weight is 391 g/mol. The number of sulfonamides is 1. The molecule has 1 aromatic heterocycles. The van der Waals surface area contributed by atoms with Crippen LogP contribution in [-0.4, -0.2) is 20.5 Å². The number of fused-ring (bicyclic) bond motifs is 1. The zero-order valence-corrected chi connectivity index (χ0v) is 17.1. The molecule has 0 bridgehead atoms. The van der Waals surface area contributed by atoms with Crippen LogP contribution in [0.15, 0.2) is 35.2 Å². The van der Waals surface area contributed by atoms with Crippen molar-refractivity contribution in [1.29, 1.82) is 0 Å². The highest BCUT2D eigenvalue weighted by atomic mass is 32.2. The number of benzene rings is 2. The van der Waals surface area contributed by atoms with Gasteiger partial charge >= 0.3 is 0 Å². The molecule has 138 valence electrons. The molecule has 0 fully saturated rings. The van der Waals surface area contributed by atoms with Crippen LogP contribution >= 0.6 is 11.3 Å². The van der Waals surface area contributed by atoms with Gasteiger partial charge in [-0.15, -0.1) is 11.3 Å². The van der Waals surface area contributed by atoms with Crippen molar-refractivity contribution in [2.45, 2.75) is 38.5 Å². The van der Waals surface area contributed by atoms with E-state index in [0.717, 1.165) is 20.8 Å². The molecule has 0 aliphatic carbocycles. The lowest BCUT2D eigenvalue weighted by atomic mass is 10.0. The van der Waals surface area contributed by atoms with Crippen molar-refractivity contribution in [2.24, 2.45) is 0 Å². The van der Waals surface area contributed by atoms with Gasteiger partial charge in [-0.25, -0.2) is 13.4 Å². The number of aryl methyl sites for hydroxylation is 2. The van der Waals surface area contributed by atoms with Gasteiger partial charge in [0.15, 0.2) is 0 Å². The highest BCUT2D eigenvalue weighted by Crippen LogP contribution is 2.33. The third kappa shape index (κ3) is 3.54. The molecule has 26 heavy (non-hydrogen) atoms. The van der Waals surface area contributed by atoms with Crippen molar-refractivity contribution in [1.82, 2.24) is 4.98 Å². The zero-order chi connectivity index (χ0) is 19.1. The van der Waals surface area contributed by atoms with Gasteiger partial charge in [0.25, 0.3) is 10.0 Å². The number of ether oxygens (including phenoxy) is 1. The van der Waals surface area contributed by atoms with Crippen LogP contribution in [0.2, 0.25) is 0 Å². The Bertz CT molecular complexity index is 1070. The zero-order valence-electron chi connectivity index (χ0n) is 15.5. The normalized spacial score (nSPS) is 11.9. The molecular formula is C19H22N2O3S2. The third-order valence-corrected chi connectivity index (χ3v) is 6.64. The third-order valence-electron chi connectivity index (χ3n) is 4.19. The van der Waals surface area contributed by atoms with Crippen LogP contribution in [-0.2, 0) is 10.0 Å². The van der Waals surface area contributed by atoms with Crippen molar-refractivity contribution in [3.63, 3.8) is 0 Å². The van der Waals surface area contributed by atoms with Crippen LogP contribution < -0.4 is 9.46 Å². The summed E-state index contributed by atoms with van der Waals surface area (Å²) in [6, 6.07) is 8.87. The van der Waals surface area contributed by atoms with E-state index >= 15 is 0 Å². The van der Waals surface area contributed by atoms with E-state index in [0.29, 0.717) is 17.0 Å². The first-order valence-electron chi connectivity index (χ1n) is 8.30. The molecule has 0 saturated carbocycles. The van der Waals surface area contributed by atoms with Crippen LogP contribution in [0.3, 0.4) is 0 Å². The molecule has 5 nitrogen and oxygen atoms in total. The topological polar surface area (TPSA) is 68.3 Å². The molecule has 2 aromatic carbocycles. The van der Waals surface area contributed by atoms with Crippen LogP contribution in [0.1, 0.15) is 35.9 Å². The highest BCUT2D eigenvalue weighted by Gasteiger charge is 2.21. The number of nitrogens with zero attached hydrogens (tertiary/aromatic N) is 1. The lowest BCUT2D eigenvalue weighted by molar-refractivity contribution is 0.406. The number of aromatic nitrogens is 1. The van der Waals surface area contributed by atoms with Crippen molar-refractivity contribution in [3.05, 3.63) is 46.5 Å². The summed E-state index contributed by atoms with van der Waals surface area (Å²) in [5, 5.41) is 0.951. The number of hydrogen-bond donors (Lipinski definition) is 1. The van der Waals surface area contributed by atoms with Crippen molar-refractivity contribution in [2.75, 3.05) is 11.8 Å². The van der Waals surface area contributed by atoms with Gasteiger partial charge in [-0.3, -0.25) is 4.72 Å². The lowest BCUT2D eigenvalue weighted by Crippen LogP contribution is -2.15. The average Bonchev–Trinajstić information content (AvgIpc) is 2.92. The van der Waals surface area contributed by atoms with Gasteiger partial charge in [-0.1, -0.05) is 13.8 Å². The summed E-state index contributed by atoms with van der Waals surface area (Å²) < 4.78 is 35.0. The Labute approximate surface area is 158 Å². The molecule has 0 amide bonds. The quantitative estimate of drug-likeness (QED) is 0.676. The summed E-state index contributed by atoms with van der Waals surface area (Å²) in [5.41, 5.74) is 2.92. The first-order valence-corrected chi connectivity index (χ1v) is 10.6. The Morgan fingerprint density at radius 1 is 1.15 bits per heavy atom. The van der Waals surface area contributed by atoms with E-state index in [1.165, 1.54) is 0 Å². The van der Waals surface area contributed by atoms with E-state index in [4.69, 9.17) is 4.74 Å². The SMILES string of the molecule is COc1cc(C)c(S(=O)(=O)Nc2ccc3nc(C)sc3c2)cc1C(C)C. The second-order valence-electron chi connectivity index (χ2n) is 6.54. The number of thiazole rings is 1. The number of hydrogen-bond acceptors (Lipinski definition) is 5. The standard InChI is InChI=1S/C19H22N2O3S2/c1-11(2)15-10-19(12(3)8-17(15)24-5)26(22,23)21-14-6-7-16-18(9-14)25-13(4)20-16/h6-11,21H,1-5H3. The first kappa shape index (κ1) is 18.7. The smallest absolute Gasteiger partial charge is 0.262 e. The monoisotopic (exact) mass is 390 g/mol. The van der Waals surface area contributed by atoms with Gasteiger partial charge in [-0.05, 0) is 61.2 Å². The van der Waals surface area contributed by atoms with Gasteiger partial charge in [0, 0.05) is 0 Å². The predicted octanol–water partition coefficient (Wildman–Crippen LogP) is 4.85. The highest BCUT2D eigenvalue weighted by molar-refractivity contribution is 7.92. The molecule has 0 atom stereocenters. The lowest BCUT2D eigenvalue weighted by Gasteiger charge is -2.17. The number of anilines is 1. The molecule has 0 aliphatic rings. The molecule has 7 heteroatoms.